The third kappa shape index (κ3) is 1.19. The Morgan fingerprint density at radius 2 is 2.14 bits per heavy atom. The summed E-state index contributed by atoms with van der Waals surface area (Å²) in [6.45, 7) is 0. The minimum atomic E-state index is 0.478. The van der Waals surface area contributed by atoms with Gasteiger partial charge in [-0.2, -0.15) is 0 Å². The highest BCUT2D eigenvalue weighted by atomic mass is 79.9. The molecule has 2 aromatic rings. The average molecular weight is 253 g/mol. The Morgan fingerprint density at radius 3 is 2.86 bits per heavy atom. The van der Waals surface area contributed by atoms with Gasteiger partial charge in [-0.15, -0.1) is 0 Å². The normalized spacial score (nSPS) is 16.4. The minimum absolute atomic E-state index is 0.478. The number of rotatable bonds is 1. The molecule has 1 saturated carbocycles. The first-order chi connectivity index (χ1) is 6.74. The third-order valence-corrected chi connectivity index (χ3v) is 2.83. The fraction of sp³-hybridized carbons (Fsp3) is 0.333. The van der Waals surface area contributed by atoms with Crippen LogP contribution < -0.4 is 5.73 Å². The van der Waals surface area contributed by atoms with E-state index in [0.29, 0.717) is 11.7 Å². The SMILES string of the molecule is Nc1nc(Br)cn2cc(C3CC3)nc12. The zero-order valence-electron chi connectivity index (χ0n) is 7.44. The molecule has 14 heavy (non-hydrogen) atoms. The van der Waals surface area contributed by atoms with E-state index in [1.54, 1.807) is 0 Å². The second kappa shape index (κ2) is 2.70. The molecule has 0 spiro atoms. The standard InChI is InChI=1S/C9H9BrN4/c10-7-4-14-3-6(5-1-2-5)12-9(14)8(11)13-7/h3-5H,1-2H2,(H2,11,13). The molecular formula is C9H9BrN4. The van der Waals surface area contributed by atoms with Crippen LogP contribution in [0.2, 0.25) is 0 Å². The van der Waals surface area contributed by atoms with Crippen LogP contribution in [0.5, 0.6) is 0 Å². The molecule has 1 aliphatic rings. The van der Waals surface area contributed by atoms with Gasteiger partial charge in [0.05, 0.1) is 5.69 Å². The predicted octanol–water partition coefficient (Wildman–Crippen LogP) is 1.95. The average Bonchev–Trinajstić information content (AvgIpc) is 2.87. The smallest absolute Gasteiger partial charge is 0.180 e. The molecule has 2 N–H and O–H groups in total. The molecule has 3 rings (SSSR count). The van der Waals surface area contributed by atoms with Gasteiger partial charge in [0.25, 0.3) is 0 Å². The summed E-state index contributed by atoms with van der Waals surface area (Å²) in [4.78, 5) is 8.58. The summed E-state index contributed by atoms with van der Waals surface area (Å²) in [5.74, 6) is 1.12. The van der Waals surface area contributed by atoms with Crippen LogP contribution in [0.3, 0.4) is 0 Å². The molecule has 1 aliphatic carbocycles. The van der Waals surface area contributed by atoms with E-state index in [2.05, 4.69) is 25.9 Å². The number of hydrogen-bond acceptors (Lipinski definition) is 3. The molecule has 4 nitrogen and oxygen atoms in total. The maximum Gasteiger partial charge on any atom is 0.180 e. The van der Waals surface area contributed by atoms with Gasteiger partial charge in [-0.05, 0) is 28.8 Å². The van der Waals surface area contributed by atoms with Gasteiger partial charge in [-0.1, -0.05) is 0 Å². The Hall–Kier alpha value is -1.10. The first kappa shape index (κ1) is 8.23. The molecule has 0 saturated heterocycles. The van der Waals surface area contributed by atoms with Gasteiger partial charge in [-0.25, -0.2) is 9.97 Å². The molecule has 2 heterocycles. The highest BCUT2D eigenvalue weighted by molar-refractivity contribution is 9.10. The number of nitrogens with zero attached hydrogens (tertiary/aromatic N) is 3. The summed E-state index contributed by atoms with van der Waals surface area (Å²) < 4.78 is 2.67. The van der Waals surface area contributed by atoms with Crippen molar-refractivity contribution in [3.8, 4) is 0 Å². The summed E-state index contributed by atoms with van der Waals surface area (Å²) in [5, 5.41) is 0. The highest BCUT2D eigenvalue weighted by Crippen LogP contribution is 2.39. The second-order valence-corrected chi connectivity index (χ2v) is 4.43. The third-order valence-electron chi connectivity index (χ3n) is 2.45. The van der Waals surface area contributed by atoms with Crippen LogP contribution in [0.25, 0.3) is 5.65 Å². The van der Waals surface area contributed by atoms with Crippen LogP contribution in [0.15, 0.2) is 17.0 Å². The number of nitrogens with two attached hydrogens (primary N) is 1. The van der Waals surface area contributed by atoms with E-state index < -0.39 is 0 Å². The van der Waals surface area contributed by atoms with E-state index in [0.717, 1.165) is 15.9 Å². The molecule has 5 heteroatoms. The Balaban J connectivity index is 2.26. The Labute approximate surface area is 89.3 Å². The number of anilines is 1. The van der Waals surface area contributed by atoms with Gasteiger partial charge in [0.2, 0.25) is 0 Å². The Morgan fingerprint density at radius 1 is 1.36 bits per heavy atom. The molecule has 0 radical (unpaired) electrons. The maximum atomic E-state index is 5.77. The molecule has 0 bridgehead atoms. The van der Waals surface area contributed by atoms with Crippen molar-refractivity contribution in [2.75, 3.05) is 5.73 Å². The number of hydrogen-bond donors (Lipinski definition) is 1. The lowest BCUT2D eigenvalue weighted by atomic mass is 10.3. The molecule has 2 aromatic heterocycles. The molecule has 0 unspecified atom stereocenters. The van der Waals surface area contributed by atoms with Crippen molar-refractivity contribution in [1.29, 1.82) is 0 Å². The van der Waals surface area contributed by atoms with Crippen LogP contribution in [-0.4, -0.2) is 14.4 Å². The first-order valence-corrected chi connectivity index (χ1v) is 5.34. The van der Waals surface area contributed by atoms with Crippen molar-refractivity contribution in [2.45, 2.75) is 18.8 Å². The summed E-state index contributed by atoms with van der Waals surface area (Å²) in [6.07, 6.45) is 6.41. The predicted molar refractivity (Wildman–Crippen MR) is 57.1 cm³/mol. The Kier molecular flexibility index (Phi) is 1.58. The van der Waals surface area contributed by atoms with Gasteiger partial charge in [0, 0.05) is 18.3 Å². The van der Waals surface area contributed by atoms with Crippen LogP contribution in [0, 0.1) is 0 Å². The maximum absolute atomic E-state index is 5.77. The zero-order valence-corrected chi connectivity index (χ0v) is 9.03. The topological polar surface area (TPSA) is 56.2 Å². The largest absolute Gasteiger partial charge is 0.381 e. The van der Waals surface area contributed by atoms with E-state index in [4.69, 9.17) is 5.73 Å². The van der Waals surface area contributed by atoms with Crippen molar-refractivity contribution < 1.29 is 0 Å². The van der Waals surface area contributed by atoms with E-state index in [9.17, 15) is 0 Å². The van der Waals surface area contributed by atoms with Crippen LogP contribution in [0.1, 0.15) is 24.5 Å². The van der Waals surface area contributed by atoms with E-state index in [1.807, 2.05) is 16.8 Å². The van der Waals surface area contributed by atoms with E-state index in [-0.39, 0.29) is 0 Å². The first-order valence-electron chi connectivity index (χ1n) is 4.54. The molecule has 0 amide bonds. The lowest BCUT2D eigenvalue weighted by Crippen LogP contribution is -1.96. The summed E-state index contributed by atoms with van der Waals surface area (Å²) in [5.41, 5.74) is 7.66. The number of imidazole rings is 1. The summed E-state index contributed by atoms with van der Waals surface area (Å²) >= 11 is 3.31. The van der Waals surface area contributed by atoms with Crippen molar-refractivity contribution in [2.24, 2.45) is 0 Å². The number of fused-ring (bicyclic) bond motifs is 1. The van der Waals surface area contributed by atoms with Gasteiger partial charge in [-0.3, -0.25) is 0 Å². The minimum Gasteiger partial charge on any atom is -0.381 e. The number of halogens is 1. The van der Waals surface area contributed by atoms with Gasteiger partial charge in [0.15, 0.2) is 11.5 Å². The van der Waals surface area contributed by atoms with E-state index in [1.165, 1.54) is 12.8 Å². The molecule has 1 fully saturated rings. The summed E-state index contributed by atoms with van der Waals surface area (Å²) in [7, 11) is 0. The van der Waals surface area contributed by atoms with Gasteiger partial charge >= 0.3 is 0 Å². The lowest BCUT2D eigenvalue weighted by molar-refractivity contribution is 1.05. The van der Waals surface area contributed by atoms with Gasteiger partial charge < -0.3 is 10.1 Å². The Bertz CT molecular complexity index is 501. The molecule has 72 valence electrons. The fourth-order valence-electron chi connectivity index (χ4n) is 1.58. The van der Waals surface area contributed by atoms with E-state index >= 15 is 0 Å². The van der Waals surface area contributed by atoms with Crippen LogP contribution in [-0.2, 0) is 0 Å². The number of nitrogen functional groups attached to an aromatic ring is 1. The van der Waals surface area contributed by atoms with Crippen LogP contribution in [0.4, 0.5) is 5.82 Å². The van der Waals surface area contributed by atoms with Crippen molar-refractivity contribution in [3.05, 3.63) is 22.7 Å². The monoisotopic (exact) mass is 252 g/mol. The molecule has 0 aliphatic heterocycles. The molecule has 0 atom stereocenters. The quantitative estimate of drug-likeness (QED) is 0.845. The lowest BCUT2D eigenvalue weighted by Gasteiger charge is -1.96. The van der Waals surface area contributed by atoms with Gasteiger partial charge in [0.1, 0.15) is 4.60 Å². The number of aromatic nitrogens is 3. The molecule has 0 aromatic carbocycles. The fourth-order valence-corrected chi connectivity index (χ4v) is 2.00. The zero-order chi connectivity index (χ0) is 9.71. The van der Waals surface area contributed by atoms with Crippen molar-refractivity contribution in [1.82, 2.24) is 14.4 Å². The highest BCUT2D eigenvalue weighted by Gasteiger charge is 2.26. The summed E-state index contributed by atoms with van der Waals surface area (Å²) in [6, 6.07) is 0. The van der Waals surface area contributed by atoms with Crippen LogP contribution >= 0.6 is 15.9 Å². The van der Waals surface area contributed by atoms with Crippen molar-refractivity contribution in [3.63, 3.8) is 0 Å². The molecular weight excluding hydrogens is 244 g/mol. The second-order valence-electron chi connectivity index (χ2n) is 3.62. The van der Waals surface area contributed by atoms with Crippen molar-refractivity contribution >= 4 is 27.4 Å².